The molecule has 0 radical (unpaired) electrons. The van der Waals surface area contributed by atoms with E-state index in [-0.39, 0.29) is 23.9 Å². The SMILES string of the molecule is CCC(CC)(NCC(=O)Nc1ccccc1N1CCCC1=O)c1ccc(Cl)cc1. The van der Waals surface area contributed by atoms with Crippen molar-refractivity contribution in [2.75, 3.05) is 23.3 Å². The second-order valence-corrected chi connectivity index (χ2v) is 7.80. The molecule has 1 saturated heterocycles. The highest BCUT2D eigenvalue weighted by Gasteiger charge is 2.29. The monoisotopic (exact) mass is 413 g/mol. The van der Waals surface area contributed by atoms with Crippen molar-refractivity contribution >= 4 is 34.8 Å². The molecule has 1 fully saturated rings. The summed E-state index contributed by atoms with van der Waals surface area (Å²) < 4.78 is 0. The van der Waals surface area contributed by atoms with Crippen molar-refractivity contribution in [1.29, 1.82) is 0 Å². The lowest BCUT2D eigenvalue weighted by Crippen LogP contribution is -2.45. The first-order valence-electron chi connectivity index (χ1n) is 10.2. The molecular weight excluding hydrogens is 386 g/mol. The van der Waals surface area contributed by atoms with Gasteiger partial charge in [0.15, 0.2) is 0 Å². The van der Waals surface area contributed by atoms with E-state index in [0.29, 0.717) is 23.7 Å². The molecule has 2 aromatic carbocycles. The maximum atomic E-state index is 12.7. The topological polar surface area (TPSA) is 61.4 Å². The summed E-state index contributed by atoms with van der Waals surface area (Å²) in [7, 11) is 0. The predicted octanol–water partition coefficient (Wildman–Crippen LogP) is 4.71. The fourth-order valence-corrected chi connectivity index (χ4v) is 4.07. The summed E-state index contributed by atoms with van der Waals surface area (Å²) in [6.07, 6.45) is 3.09. The number of hydrogen-bond donors (Lipinski definition) is 2. The number of rotatable bonds is 8. The number of anilines is 2. The molecule has 0 unspecified atom stereocenters. The van der Waals surface area contributed by atoms with E-state index in [9.17, 15) is 9.59 Å². The van der Waals surface area contributed by atoms with Gasteiger partial charge < -0.3 is 10.2 Å². The summed E-state index contributed by atoms with van der Waals surface area (Å²) in [4.78, 5) is 26.6. The highest BCUT2D eigenvalue weighted by molar-refractivity contribution is 6.30. The second kappa shape index (κ2) is 9.42. The zero-order valence-electron chi connectivity index (χ0n) is 17.0. The largest absolute Gasteiger partial charge is 0.323 e. The van der Waals surface area contributed by atoms with E-state index in [2.05, 4.69) is 24.5 Å². The Morgan fingerprint density at radius 1 is 1.10 bits per heavy atom. The van der Waals surface area contributed by atoms with Crippen LogP contribution in [0.5, 0.6) is 0 Å². The van der Waals surface area contributed by atoms with Gasteiger partial charge in [-0.15, -0.1) is 0 Å². The van der Waals surface area contributed by atoms with Gasteiger partial charge in [0.25, 0.3) is 0 Å². The molecule has 0 bridgehead atoms. The van der Waals surface area contributed by atoms with E-state index in [1.54, 1.807) is 4.90 Å². The Labute approximate surface area is 177 Å². The summed E-state index contributed by atoms with van der Waals surface area (Å²) in [5.74, 6) is -0.0344. The van der Waals surface area contributed by atoms with Gasteiger partial charge in [0, 0.05) is 23.5 Å². The molecule has 3 rings (SSSR count). The molecule has 154 valence electrons. The number of halogens is 1. The van der Waals surface area contributed by atoms with Crippen molar-refractivity contribution in [1.82, 2.24) is 5.32 Å². The molecule has 0 saturated carbocycles. The van der Waals surface area contributed by atoms with Gasteiger partial charge in [0.05, 0.1) is 17.9 Å². The maximum Gasteiger partial charge on any atom is 0.238 e. The quantitative estimate of drug-likeness (QED) is 0.658. The number of carbonyl (C=O) groups is 2. The summed E-state index contributed by atoms with van der Waals surface area (Å²) in [5, 5.41) is 7.12. The zero-order chi connectivity index (χ0) is 20.9. The number of benzene rings is 2. The highest BCUT2D eigenvalue weighted by Crippen LogP contribution is 2.31. The van der Waals surface area contributed by atoms with Crippen molar-refractivity contribution in [3.05, 3.63) is 59.1 Å². The van der Waals surface area contributed by atoms with Crippen LogP contribution in [0.1, 0.15) is 45.1 Å². The standard InChI is InChI=1S/C23H28ClN3O2/c1-3-23(4-2,17-11-13-18(24)14-12-17)25-16-21(28)26-19-8-5-6-9-20(19)27-15-7-10-22(27)29/h5-6,8-9,11-14,25H,3-4,7,10,15-16H2,1-2H3,(H,26,28). The van der Waals surface area contributed by atoms with E-state index in [0.717, 1.165) is 30.5 Å². The summed E-state index contributed by atoms with van der Waals surface area (Å²) in [6, 6.07) is 15.2. The smallest absolute Gasteiger partial charge is 0.238 e. The normalized spacial score (nSPS) is 14.3. The number of hydrogen-bond acceptors (Lipinski definition) is 3. The van der Waals surface area contributed by atoms with Crippen LogP contribution in [0.2, 0.25) is 5.02 Å². The zero-order valence-corrected chi connectivity index (χ0v) is 17.8. The van der Waals surface area contributed by atoms with Crippen LogP contribution in [-0.2, 0) is 15.1 Å². The minimum atomic E-state index is -0.299. The lowest BCUT2D eigenvalue weighted by molar-refractivity contribution is -0.117. The second-order valence-electron chi connectivity index (χ2n) is 7.36. The molecule has 2 N–H and O–H groups in total. The first-order chi connectivity index (χ1) is 14.0. The van der Waals surface area contributed by atoms with Gasteiger partial charge in [-0.1, -0.05) is 49.7 Å². The highest BCUT2D eigenvalue weighted by atomic mass is 35.5. The van der Waals surface area contributed by atoms with E-state index in [1.807, 2.05) is 48.5 Å². The lowest BCUT2D eigenvalue weighted by Gasteiger charge is -2.33. The predicted molar refractivity (Wildman–Crippen MR) is 118 cm³/mol. The van der Waals surface area contributed by atoms with Crippen molar-refractivity contribution in [3.8, 4) is 0 Å². The van der Waals surface area contributed by atoms with Gasteiger partial charge >= 0.3 is 0 Å². The number of amides is 2. The average Bonchev–Trinajstić information content (AvgIpc) is 3.16. The molecule has 1 aliphatic rings. The van der Waals surface area contributed by atoms with Gasteiger partial charge in [0.1, 0.15) is 0 Å². The van der Waals surface area contributed by atoms with Gasteiger partial charge in [-0.05, 0) is 49.1 Å². The third-order valence-corrected chi connectivity index (χ3v) is 5.99. The fourth-order valence-electron chi connectivity index (χ4n) is 3.94. The average molecular weight is 414 g/mol. The van der Waals surface area contributed by atoms with Gasteiger partial charge in [0.2, 0.25) is 11.8 Å². The Morgan fingerprint density at radius 2 is 1.79 bits per heavy atom. The van der Waals surface area contributed by atoms with Gasteiger partial charge in [-0.25, -0.2) is 0 Å². The van der Waals surface area contributed by atoms with E-state index < -0.39 is 0 Å². The van der Waals surface area contributed by atoms with Crippen molar-refractivity contribution in [3.63, 3.8) is 0 Å². The minimum Gasteiger partial charge on any atom is -0.323 e. The molecule has 0 spiro atoms. The third kappa shape index (κ3) is 4.80. The molecule has 1 heterocycles. The molecule has 6 heteroatoms. The van der Waals surface area contributed by atoms with Crippen molar-refractivity contribution in [2.24, 2.45) is 0 Å². The Morgan fingerprint density at radius 3 is 2.41 bits per heavy atom. The van der Waals surface area contributed by atoms with Crippen LogP contribution in [0.3, 0.4) is 0 Å². The van der Waals surface area contributed by atoms with Crippen LogP contribution in [0.25, 0.3) is 0 Å². The van der Waals surface area contributed by atoms with Crippen LogP contribution >= 0.6 is 11.6 Å². The Kier molecular flexibility index (Phi) is 6.93. The van der Waals surface area contributed by atoms with E-state index >= 15 is 0 Å². The molecule has 29 heavy (non-hydrogen) atoms. The lowest BCUT2D eigenvalue weighted by atomic mass is 9.84. The summed E-state index contributed by atoms with van der Waals surface area (Å²) in [6.45, 7) is 5.08. The molecule has 2 aromatic rings. The van der Waals surface area contributed by atoms with Crippen LogP contribution < -0.4 is 15.5 Å². The number of nitrogens with zero attached hydrogens (tertiary/aromatic N) is 1. The van der Waals surface area contributed by atoms with Crippen LogP contribution in [0.4, 0.5) is 11.4 Å². The van der Waals surface area contributed by atoms with Gasteiger partial charge in [-0.3, -0.25) is 14.9 Å². The molecule has 5 nitrogen and oxygen atoms in total. The molecule has 0 aromatic heterocycles. The Bertz CT molecular complexity index is 863. The van der Waals surface area contributed by atoms with Crippen LogP contribution in [-0.4, -0.2) is 24.9 Å². The van der Waals surface area contributed by atoms with E-state index in [4.69, 9.17) is 11.6 Å². The molecule has 2 amide bonds. The maximum absolute atomic E-state index is 12.7. The summed E-state index contributed by atoms with van der Waals surface area (Å²) >= 11 is 6.03. The fraction of sp³-hybridized carbons (Fsp3) is 0.391. The first kappa shape index (κ1) is 21.3. The minimum absolute atomic E-state index is 0.101. The molecule has 0 atom stereocenters. The number of para-hydroxylation sites is 2. The molecular formula is C23H28ClN3O2. The first-order valence-corrected chi connectivity index (χ1v) is 10.6. The van der Waals surface area contributed by atoms with Crippen molar-refractivity contribution < 1.29 is 9.59 Å². The number of carbonyl (C=O) groups excluding carboxylic acids is 2. The Hall–Kier alpha value is -2.37. The van der Waals surface area contributed by atoms with Crippen LogP contribution in [0, 0.1) is 0 Å². The Balaban J connectivity index is 1.71. The summed E-state index contributed by atoms with van der Waals surface area (Å²) in [5.41, 5.74) is 2.24. The molecule has 0 aliphatic carbocycles. The van der Waals surface area contributed by atoms with Crippen LogP contribution in [0.15, 0.2) is 48.5 Å². The third-order valence-electron chi connectivity index (χ3n) is 5.73. The number of nitrogens with one attached hydrogen (secondary N) is 2. The van der Waals surface area contributed by atoms with Gasteiger partial charge in [-0.2, -0.15) is 0 Å². The van der Waals surface area contributed by atoms with E-state index in [1.165, 1.54) is 0 Å². The molecule has 1 aliphatic heterocycles. The van der Waals surface area contributed by atoms with Crippen molar-refractivity contribution in [2.45, 2.75) is 45.1 Å².